The smallest absolute Gasteiger partial charge is 0.371 e. The van der Waals surface area contributed by atoms with Crippen molar-refractivity contribution in [2.45, 2.75) is 26.7 Å². The molecule has 0 aliphatic heterocycles. The van der Waals surface area contributed by atoms with E-state index in [0.717, 1.165) is 12.8 Å². The number of rotatable bonds is 8. The summed E-state index contributed by atoms with van der Waals surface area (Å²) in [6, 6.07) is 9.08. The Kier molecular flexibility index (Phi) is 6.54. The van der Waals surface area contributed by atoms with E-state index < -0.39 is 11.9 Å². The molecule has 7 nitrogen and oxygen atoms in total. The van der Waals surface area contributed by atoms with Crippen molar-refractivity contribution in [1.29, 1.82) is 0 Å². The van der Waals surface area contributed by atoms with Crippen LogP contribution in [-0.2, 0) is 0 Å². The van der Waals surface area contributed by atoms with Crippen LogP contribution in [0, 0.1) is 0 Å². The number of aromatic carboxylic acids is 1. The van der Waals surface area contributed by atoms with Crippen molar-refractivity contribution in [3.8, 4) is 0 Å². The fraction of sp³-hybridized carbons (Fsp3) is 0.316. The normalized spacial score (nSPS) is 10.4. The van der Waals surface area contributed by atoms with Crippen LogP contribution in [0.2, 0.25) is 0 Å². The number of carbonyl (C=O) groups is 3. The van der Waals surface area contributed by atoms with E-state index in [4.69, 9.17) is 9.52 Å². The Hall–Kier alpha value is -3.09. The molecule has 0 atom stereocenters. The number of carboxylic acids is 1. The zero-order valence-electron chi connectivity index (χ0n) is 14.8. The summed E-state index contributed by atoms with van der Waals surface area (Å²) >= 11 is 0. The number of nitrogens with zero attached hydrogens (tertiary/aromatic N) is 1. The van der Waals surface area contributed by atoms with Gasteiger partial charge in [0, 0.05) is 24.3 Å². The summed E-state index contributed by atoms with van der Waals surface area (Å²) in [5.41, 5.74) is 1.04. The topological polar surface area (TPSA) is 99.9 Å². The summed E-state index contributed by atoms with van der Waals surface area (Å²) in [7, 11) is 0. The van der Waals surface area contributed by atoms with E-state index in [9.17, 15) is 14.4 Å². The van der Waals surface area contributed by atoms with Gasteiger partial charge < -0.3 is 19.7 Å². The Labute approximate surface area is 151 Å². The number of nitrogens with one attached hydrogen (secondary N) is 1. The van der Waals surface area contributed by atoms with Crippen LogP contribution in [0.15, 0.2) is 40.8 Å². The highest BCUT2D eigenvalue weighted by molar-refractivity contribution is 6.03. The van der Waals surface area contributed by atoms with E-state index in [-0.39, 0.29) is 17.4 Å². The second-order valence-corrected chi connectivity index (χ2v) is 5.79. The maximum Gasteiger partial charge on any atom is 0.371 e. The summed E-state index contributed by atoms with van der Waals surface area (Å²) in [6.07, 6.45) is 1.78. The van der Waals surface area contributed by atoms with Crippen LogP contribution < -0.4 is 5.32 Å². The van der Waals surface area contributed by atoms with Crippen molar-refractivity contribution in [3.05, 3.63) is 53.5 Å². The minimum Gasteiger partial charge on any atom is -0.475 e. The third kappa shape index (κ3) is 4.72. The first-order valence-corrected chi connectivity index (χ1v) is 8.50. The molecule has 0 spiro atoms. The first kappa shape index (κ1) is 19.2. The highest BCUT2D eigenvalue weighted by Gasteiger charge is 2.16. The quantitative estimate of drug-likeness (QED) is 0.752. The molecule has 2 rings (SSSR count). The fourth-order valence-corrected chi connectivity index (χ4v) is 2.50. The van der Waals surface area contributed by atoms with Crippen molar-refractivity contribution in [3.63, 3.8) is 0 Å². The zero-order valence-corrected chi connectivity index (χ0v) is 14.8. The van der Waals surface area contributed by atoms with E-state index in [1.165, 1.54) is 12.1 Å². The van der Waals surface area contributed by atoms with Gasteiger partial charge in [-0.15, -0.1) is 0 Å². The number of hydrogen-bond acceptors (Lipinski definition) is 4. The SMILES string of the molecule is CCCN(CCC)C(=O)c1ccc(NC(=O)c2ccc(C(=O)O)o2)cc1. The van der Waals surface area contributed by atoms with Gasteiger partial charge in [0.1, 0.15) is 0 Å². The highest BCUT2D eigenvalue weighted by Crippen LogP contribution is 2.15. The number of amides is 2. The molecular weight excluding hydrogens is 336 g/mol. The van der Waals surface area contributed by atoms with Crippen LogP contribution in [0.25, 0.3) is 0 Å². The first-order valence-electron chi connectivity index (χ1n) is 8.50. The molecule has 0 aliphatic rings. The molecule has 7 heteroatoms. The van der Waals surface area contributed by atoms with Crippen LogP contribution in [0.4, 0.5) is 5.69 Å². The van der Waals surface area contributed by atoms with Gasteiger partial charge in [0.05, 0.1) is 0 Å². The molecular formula is C19H22N2O5. The number of benzene rings is 1. The van der Waals surface area contributed by atoms with E-state index in [1.54, 1.807) is 24.3 Å². The van der Waals surface area contributed by atoms with Gasteiger partial charge >= 0.3 is 5.97 Å². The number of furan rings is 1. The molecule has 1 aromatic carbocycles. The largest absolute Gasteiger partial charge is 0.475 e. The van der Waals surface area contributed by atoms with Gasteiger partial charge in [0.2, 0.25) is 5.76 Å². The van der Waals surface area contributed by atoms with Crippen LogP contribution in [-0.4, -0.2) is 40.9 Å². The summed E-state index contributed by atoms with van der Waals surface area (Å²) in [4.78, 5) is 37.2. The van der Waals surface area contributed by atoms with Crippen LogP contribution in [0.5, 0.6) is 0 Å². The maximum absolute atomic E-state index is 12.5. The molecule has 138 valence electrons. The zero-order chi connectivity index (χ0) is 19.1. The Morgan fingerprint density at radius 2 is 1.54 bits per heavy atom. The minimum atomic E-state index is -1.24. The molecule has 0 aliphatic carbocycles. The predicted molar refractivity (Wildman–Crippen MR) is 96.5 cm³/mol. The van der Waals surface area contributed by atoms with Gasteiger partial charge in [-0.05, 0) is 49.2 Å². The number of carboxylic acid groups (broad SMARTS) is 1. The lowest BCUT2D eigenvalue weighted by Gasteiger charge is -2.21. The van der Waals surface area contributed by atoms with Crippen molar-refractivity contribution >= 4 is 23.5 Å². The summed E-state index contributed by atoms with van der Waals surface area (Å²) < 4.78 is 4.95. The van der Waals surface area contributed by atoms with Crippen LogP contribution >= 0.6 is 0 Å². The Bertz CT molecular complexity index is 773. The molecule has 0 bridgehead atoms. The van der Waals surface area contributed by atoms with E-state index >= 15 is 0 Å². The third-order valence-electron chi connectivity index (χ3n) is 3.70. The van der Waals surface area contributed by atoms with E-state index in [1.807, 2.05) is 18.7 Å². The molecule has 0 unspecified atom stereocenters. The lowest BCUT2D eigenvalue weighted by molar-refractivity contribution is 0.0659. The van der Waals surface area contributed by atoms with Gasteiger partial charge in [0.25, 0.3) is 11.8 Å². The summed E-state index contributed by atoms with van der Waals surface area (Å²) in [5.74, 6) is -2.24. The number of hydrogen-bond donors (Lipinski definition) is 2. The van der Waals surface area contributed by atoms with Gasteiger partial charge in [-0.25, -0.2) is 4.79 Å². The molecule has 0 saturated heterocycles. The molecule has 26 heavy (non-hydrogen) atoms. The van der Waals surface area contributed by atoms with Crippen LogP contribution in [0.3, 0.4) is 0 Å². The van der Waals surface area contributed by atoms with Crippen molar-refractivity contribution in [1.82, 2.24) is 4.90 Å². The van der Waals surface area contributed by atoms with Gasteiger partial charge in [0.15, 0.2) is 5.76 Å². The molecule has 2 N–H and O–H groups in total. The predicted octanol–water partition coefficient (Wildman–Crippen LogP) is 3.49. The van der Waals surface area contributed by atoms with Gasteiger partial charge in [-0.1, -0.05) is 13.8 Å². The Balaban J connectivity index is 2.05. The van der Waals surface area contributed by atoms with Crippen molar-refractivity contribution in [2.75, 3.05) is 18.4 Å². The lowest BCUT2D eigenvalue weighted by atomic mass is 10.1. The standard InChI is InChI=1S/C19H22N2O5/c1-3-11-21(12-4-2)18(23)13-5-7-14(8-6-13)20-17(22)15-9-10-16(26-15)19(24)25/h5-10H,3-4,11-12H2,1-2H3,(H,20,22)(H,24,25). The maximum atomic E-state index is 12.5. The molecule has 1 aromatic heterocycles. The molecule has 1 heterocycles. The molecule has 0 saturated carbocycles. The Morgan fingerprint density at radius 1 is 0.962 bits per heavy atom. The van der Waals surface area contributed by atoms with Crippen molar-refractivity contribution in [2.24, 2.45) is 0 Å². The average molecular weight is 358 g/mol. The number of carbonyl (C=O) groups excluding carboxylic acids is 2. The monoisotopic (exact) mass is 358 g/mol. The Morgan fingerprint density at radius 3 is 2.04 bits per heavy atom. The lowest BCUT2D eigenvalue weighted by Crippen LogP contribution is -2.32. The summed E-state index contributed by atoms with van der Waals surface area (Å²) in [6.45, 7) is 5.46. The average Bonchev–Trinajstić information content (AvgIpc) is 3.12. The minimum absolute atomic E-state index is 0.0382. The molecule has 0 fully saturated rings. The molecule has 0 radical (unpaired) electrons. The third-order valence-corrected chi connectivity index (χ3v) is 3.70. The highest BCUT2D eigenvalue weighted by atomic mass is 16.4. The number of anilines is 1. The van der Waals surface area contributed by atoms with Crippen molar-refractivity contribution < 1.29 is 23.9 Å². The van der Waals surface area contributed by atoms with Gasteiger partial charge in [-0.2, -0.15) is 0 Å². The first-order chi connectivity index (χ1) is 12.5. The summed E-state index contributed by atoms with van der Waals surface area (Å²) in [5, 5.41) is 11.4. The second-order valence-electron chi connectivity index (χ2n) is 5.79. The van der Waals surface area contributed by atoms with Gasteiger partial charge in [-0.3, -0.25) is 9.59 Å². The molecule has 2 aromatic rings. The van der Waals surface area contributed by atoms with E-state index in [2.05, 4.69) is 5.32 Å². The molecule has 2 amide bonds. The van der Waals surface area contributed by atoms with E-state index in [0.29, 0.717) is 24.3 Å². The fourth-order valence-electron chi connectivity index (χ4n) is 2.50. The van der Waals surface area contributed by atoms with Crippen LogP contribution in [0.1, 0.15) is 58.2 Å². The second kappa shape index (κ2) is 8.84.